The molecule has 3 aromatic rings. The molecule has 0 unspecified atom stereocenters. The van der Waals surface area contributed by atoms with Crippen LogP contribution in [0.4, 0.5) is 0 Å². The fourth-order valence-corrected chi connectivity index (χ4v) is 4.91. The summed E-state index contributed by atoms with van der Waals surface area (Å²) in [4.78, 5) is 29.0. The van der Waals surface area contributed by atoms with Crippen LogP contribution in [0.15, 0.2) is 74.0 Å². The molecule has 1 aromatic carbocycles. The van der Waals surface area contributed by atoms with E-state index >= 15 is 0 Å². The zero-order valence-corrected chi connectivity index (χ0v) is 17.9. The van der Waals surface area contributed by atoms with Gasteiger partial charge in [-0.3, -0.25) is 10.2 Å². The molecule has 5 rings (SSSR count). The van der Waals surface area contributed by atoms with Crippen molar-refractivity contribution in [2.75, 3.05) is 0 Å². The number of aliphatic imine (C=N–C) groups is 1. The number of nitrogens with zero attached hydrogens (tertiary/aromatic N) is 3. The topological polar surface area (TPSA) is 119 Å². The summed E-state index contributed by atoms with van der Waals surface area (Å²) in [5.74, 6) is -0.834. The number of amidine groups is 2. The Labute approximate surface area is 190 Å². The van der Waals surface area contributed by atoms with Crippen molar-refractivity contribution in [2.45, 2.75) is 6.42 Å². The Bertz CT molecular complexity index is 1350. The number of rotatable bonds is 5. The lowest BCUT2D eigenvalue weighted by atomic mass is 10.1. The van der Waals surface area contributed by atoms with E-state index in [-0.39, 0.29) is 17.0 Å². The number of carboxylic acid groups (broad SMARTS) is 1. The summed E-state index contributed by atoms with van der Waals surface area (Å²) in [7, 11) is 0. The summed E-state index contributed by atoms with van der Waals surface area (Å²) in [5, 5.41) is 26.6. The molecule has 8 nitrogen and oxygen atoms in total. The highest BCUT2D eigenvalue weighted by molar-refractivity contribution is 8.27. The first kappa shape index (κ1) is 20.2. The molecule has 0 atom stereocenters. The number of carboxylic acids is 1. The Morgan fingerprint density at radius 1 is 1.22 bits per heavy atom. The van der Waals surface area contributed by atoms with E-state index in [1.807, 2.05) is 17.5 Å². The van der Waals surface area contributed by atoms with Crippen molar-refractivity contribution in [1.82, 2.24) is 5.01 Å². The van der Waals surface area contributed by atoms with Crippen LogP contribution >= 0.6 is 23.1 Å². The molecule has 4 heterocycles. The number of furan rings is 1. The third-order valence-electron chi connectivity index (χ3n) is 4.71. The lowest BCUT2D eigenvalue weighted by Gasteiger charge is -2.19. The molecule has 2 N–H and O–H groups in total. The van der Waals surface area contributed by atoms with Gasteiger partial charge in [-0.05, 0) is 53.5 Å². The molecule has 0 radical (unpaired) electrons. The number of fused-ring (bicyclic) bond motifs is 1. The number of aromatic carboxylic acids is 1. The smallest absolute Gasteiger partial charge is 0.335 e. The van der Waals surface area contributed by atoms with Crippen molar-refractivity contribution in [3.63, 3.8) is 0 Å². The van der Waals surface area contributed by atoms with Crippen LogP contribution in [0, 0.1) is 5.41 Å². The number of hydrazone groups is 1. The summed E-state index contributed by atoms with van der Waals surface area (Å²) in [5.41, 5.74) is 0.807. The minimum Gasteiger partial charge on any atom is -0.478 e. The molecule has 2 aromatic heterocycles. The highest BCUT2D eigenvalue weighted by atomic mass is 32.2. The molecule has 158 valence electrons. The van der Waals surface area contributed by atoms with E-state index in [2.05, 4.69) is 10.1 Å². The van der Waals surface area contributed by atoms with Gasteiger partial charge in [-0.15, -0.1) is 11.3 Å². The number of hydrogen-bond acceptors (Lipinski definition) is 7. The minimum absolute atomic E-state index is 0.0654. The third-order valence-corrected chi connectivity index (χ3v) is 6.49. The van der Waals surface area contributed by atoms with Gasteiger partial charge in [0.25, 0.3) is 5.91 Å². The zero-order chi connectivity index (χ0) is 22.2. The van der Waals surface area contributed by atoms with E-state index in [0.29, 0.717) is 28.7 Å². The molecule has 0 saturated heterocycles. The standard InChI is InChI=1S/C22H14N4O4S2/c23-19-16(10-14-6-7-17(30-14)12-3-1-4-13(9-12)21(28)29)20(27)24-22-26(19)25-18(32-22)11-15-5-2-8-31-15/h1-10,23H,11H2,(H,28,29)/b16-10-,23-19?. The Balaban J connectivity index is 1.40. The van der Waals surface area contributed by atoms with Crippen LogP contribution in [-0.2, 0) is 11.2 Å². The maximum Gasteiger partial charge on any atom is 0.335 e. The van der Waals surface area contributed by atoms with Gasteiger partial charge in [0.15, 0.2) is 5.84 Å². The monoisotopic (exact) mass is 462 g/mol. The normalized spacial score (nSPS) is 16.9. The Morgan fingerprint density at radius 2 is 2.09 bits per heavy atom. The number of thioether (sulfide) groups is 1. The van der Waals surface area contributed by atoms with Gasteiger partial charge in [0.05, 0.1) is 11.1 Å². The molecule has 0 fully saturated rings. The average Bonchev–Trinajstić information content (AvgIpc) is 3.53. The first-order valence-electron chi connectivity index (χ1n) is 9.43. The molecule has 32 heavy (non-hydrogen) atoms. The maximum atomic E-state index is 12.6. The average molecular weight is 463 g/mol. The van der Waals surface area contributed by atoms with Gasteiger partial charge < -0.3 is 9.52 Å². The Hall–Kier alpha value is -3.76. The fourth-order valence-electron chi connectivity index (χ4n) is 3.20. The van der Waals surface area contributed by atoms with Crippen LogP contribution in [0.3, 0.4) is 0 Å². The largest absolute Gasteiger partial charge is 0.478 e. The second-order valence-electron chi connectivity index (χ2n) is 6.86. The molecule has 10 heteroatoms. The van der Waals surface area contributed by atoms with Crippen LogP contribution < -0.4 is 0 Å². The quantitative estimate of drug-likeness (QED) is 0.536. The van der Waals surface area contributed by atoms with Crippen molar-refractivity contribution in [3.8, 4) is 11.3 Å². The van der Waals surface area contributed by atoms with Crippen LogP contribution in [0.2, 0.25) is 0 Å². The van der Waals surface area contributed by atoms with Crippen molar-refractivity contribution in [3.05, 3.63) is 75.7 Å². The Kier molecular flexibility index (Phi) is 5.08. The van der Waals surface area contributed by atoms with Crippen LogP contribution in [-0.4, -0.2) is 38.0 Å². The molecule has 0 saturated carbocycles. The number of carbonyl (C=O) groups excluding carboxylic acids is 1. The predicted octanol–water partition coefficient (Wildman–Crippen LogP) is 4.57. The van der Waals surface area contributed by atoms with Gasteiger partial charge >= 0.3 is 5.97 Å². The third kappa shape index (κ3) is 3.81. The second kappa shape index (κ2) is 8.06. The summed E-state index contributed by atoms with van der Waals surface area (Å²) >= 11 is 2.91. The first-order chi connectivity index (χ1) is 15.5. The SMILES string of the molecule is N=C1/C(=C/c2ccc(-c3cccc(C(=O)O)c3)o2)C(=O)N=C2SC(Cc3cccs3)=NN12. The highest BCUT2D eigenvalue weighted by Crippen LogP contribution is 2.31. The summed E-state index contributed by atoms with van der Waals surface area (Å²) in [6, 6.07) is 13.7. The van der Waals surface area contributed by atoms with Crippen LogP contribution in [0.5, 0.6) is 0 Å². The van der Waals surface area contributed by atoms with Crippen molar-refractivity contribution >= 4 is 57.1 Å². The molecule has 0 spiro atoms. The molecule has 2 aliphatic heterocycles. The van der Waals surface area contributed by atoms with Gasteiger partial charge in [0.1, 0.15) is 16.6 Å². The Morgan fingerprint density at radius 3 is 2.88 bits per heavy atom. The number of amides is 1. The van der Waals surface area contributed by atoms with E-state index in [9.17, 15) is 14.7 Å². The molecular weight excluding hydrogens is 448 g/mol. The summed E-state index contributed by atoms with van der Waals surface area (Å²) in [6.07, 6.45) is 2.07. The van der Waals surface area contributed by atoms with Gasteiger partial charge in [-0.1, -0.05) is 18.2 Å². The van der Waals surface area contributed by atoms with E-state index in [0.717, 1.165) is 9.92 Å². The zero-order valence-electron chi connectivity index (χ0n) is 16.3. The maximum absolute atomic E-state index is 12.6. The molecule has 0 aliphatic carbocycles. The fraction of sp³-hybridized carbons (Fsp3) is 0.0455. The van der Waals surface area contributed by atoms with Gasteiger partial charge in [-0.25, -0.2) is 4.79 Å². The van der Waals surface area contributed by atoms with Gasteiger partial charge in [0.2, 0.25) is 5.17 Å². The number of nitrogens with one attached hydrogen (secondary N) is 1. The highest BCUT2D eigenvalue weighted by Gasteiger charge is 2.35. The van der Waals surface area contributed by atoms with E-state index in [4.69, 9.17) is 9.83 Å². The van der Waals surface area contributed by atoms with E-state index in [1.54, 1.807) is 35.6 Å². The van der Waals surface area contributed by atoms with E-state index < -0.39 is 11.9 Å². The molecular formula is C22H14N4O4S2. The second-order valence-corrected chi connectivity index (χ2v) is 8.93. The molecule has 2 aliphatic rings. The van der Waals surface area contributed by atoms with E-state index in [1.165, 1.54) is 35.0 Å². The van der Waals surface area contributed by atoms with Gasteiger partial charge in [-0.2, -0.15) is 15.1 Å². The van der Waals surface area contributed by atoms with Gasteiger partial charge in [0, 0.05) is 16.9 Å². The lowest BCUT2D eigenvalue weighted by Crippen LogP contribution is -2.35. The first-order valence-corrected chi connectivity index (χ1v) is 11.1. The molecule has 0 bridgehead atoms. The number of hydrogen-bond donors (Lipinski definition) is 2. The predicted molar refractivity (Wildman–Crippen MR) is 124 cm³/mol. The number of carbonyl (C=O) groups is 2. The summed E-state index contributed by atoms with van der Waals surface area (Å²) < 4.78 is 5.78. The number of benzene rings is 1. The lowest BCUT2D eigenvalue weighted by molar-refractivity contribution is -0.114. The van der Waals surface area contributed by atoms with Crippen LogP contribution in [0.1, 0.15) is 21.0 Å². The van der Waals surface area contributed by atoms with Crippen molar-refractivity contribution in [2.24, 2.45) is 10.1 Å². The van der Waals surface area contributed by atoms with Crippen molar-refractivity contribution in [1.29, 1.82) is 5.41 Å². The molecule has 1 amide bonds. The van der Waals surface area contributed by atoms with Crippen LogP contribution in [0.25, 0.3) is 17.4 Å². The number of thiophene rings is 1. The minimum atomic E-state index is -1.03. The van der Waals surface area contributed by atoms with Crippen molar-refractivity contribution < 1.29 is 19.1 Å². The summed E-state index contributed by atoms with van der Waals surface area (Å²) in [6.45, 7) is 0.